The summed E-state index contributed by atoms with van der Waals surface area (Å²) in [5.74, 6) is -1.03. The zero-order valence-electron chi connectivity index (χ0n) is 23.2. The minimum Gasteiger partial charge on any atom is -0.457 e. The Hall–Kier alpha value is -3.53. The number of carbonyl (C=O) groups is 3. The maximum Gasteiger partial charge on any atom is 0.469 e. The quantitative estimate of drug-likeness (QED) is 0.149. The number of phosphoric acid groups is 1. The molecule has 3 N–H and O–H groups in total. The molecule has 1 aliphatic rings. The minimum atomic E-state index is -4.61. The molecule has 2 amide bonds. The van der Waals surface area contributed by atoms with E-state index >= 15 is 0 Å². The van der Waals surface area contributed by atoms with Crippen LogP contribution in [0.3, 0.4) is 0 Å². The fourth-order valence-electron chi connectivity index (χ4n) is 4.84. The molecule has 1 atom stereocenters. The van der Waals surface area contributed by atoms with E-state index in [1.165, 1.54) is 0 Å². The van der Waals surface area contributed by atoms with Crippen LogP contribution in [0.15, 0.2) is 60.7 Å². The molecule has 0 bridgehead atoms. The van der Waals surface area contributed by atoms with Crippen LogP contribution in [-0.2, 0) is 18.6 Å². The number of benzene rings is 3. The second-order valence-corrected chi connectivity index (χ2v) is 11.7. The number of hydrogen-bond acceptors (Lipinski definition) is 6. The van der Waals surface area contributed by atoms with Crippen LogP contribution in [0.4, 0.5) is 11.4 Å². The number of fused-ring (bicyclic) bond motifs is 1. The molecule has 0 saturated carbocycles. The molecule has 0 fully saturated rings. The van der Waals surface area contributed by atoms with Crippen LogP contribution in [0.5, 0.6) is 0 Å². The van der Waals surface area contributed by atoms with E-state index in [1.807, 2.05) is 19.1 Å². The molecule has 42 heavy (non-hydrogen) atoms. The molecule has 10 nitrogen and oxygen atoms in total. The first-order valence-electron chi connectivity index (χ1n) is 13.4. The van der Waals surface area contributed by atoms with Crippen LogP contribution in [-0.4, -0.2) is 40.7 Å². The number of anilines is 2. The number of amides is 2. The van der Waals surface area contributed by atoms with Crippen LogP contribution in [0.2, 0.25) is 5.02 Å². The molecule has 222 valence electrons. The number of aryl methyl sites for hydroxylation is 2. The van der Waals surface area contributed by atoms with Gasteiger partial charge in [-0.05, 0) is 86.7 Å². The summed E-state index contributed by atoms with van der Waals surface area (Å²) in [5, 5.41) is 3.31. The van der Waals surface area contributed by atoms with E-state index in [1.54, 1.807) is 60.4 Å². The minimum absolute atomic E-state index is 0.0738. The predicted octanol–water partition coefficient (Wildman–Crippen LogP) is 6.12. The molecule has 0 radical (unpaired) electrons. The van der Waals surface area contributed by atoms with Crippen molar-refractivity contribution in [3.05, 3.63) is 93.5 Å². The van der Waals surface area contributed by atoms with Crippen LogP contribution >= 0.6 is 19.4 Å². The number of rotatable bonds is 9. The Morgan fingerprint density at radius 3 is 2.50 bits per heavy atom. The van der Waals surface area contributed by atoms with Gasteiger partial charge in [-0.3, -0.25) is 18.9 Å². The van der Waals surface area contributed by atoms with Crippen molar-refractivity contribution in [3.8, 4) is 0 Å². The molecule has 3 aromatic rings. The zero-order valence-corrected chi connectivity index (χ0v) is 24.9. The Morgan fingerprint density at radius 1 is 1.02 bits per heavy atom. The van der Waals surface area contributed by atoms with Gasteiger partial charge >= 0.3 is 13.8 Å². The van der Waals surface area contributed by atoms with Gasteiger partial charge in [0.05, 0.1) is 12.3 Å². The number of ether oxygens (including phenoxy) is 1. The Bertz CT molecular complexity index is 1540. The third kappa shape index (κ3) is 8.06. The van der Waals surface area contributed by atoms with Gasteiger partial charge < -0.3 is 24.7 Å². The average molecular weight is 615 g/mol. The van der Waals surface area contributed by atoms with E-state index in [0.29, 0.717) is 58.0 Å². The topological polar surface area (TPSA) is 142 Å². The normalized spacial score (nSPS) is 15.0. The highest BCUT2D eigenvalue weighted by Gasteiger charge is 2.30. The lowest BCUT2D eigenvalue weighted by atomic mass is 10.0. The van der Waals surface area contributed by atoms with E-state index in [4.69, 9.17) is 26.1 Å². The number of phosphoric ester groups is 1. The SMILES string of the molecule is Cc1ccccc1C(=O)Nc1ccc(C(=O)N2CCCC(OC(=O)CCCOP(=O)(O)O)c3cc(Cl)ccc32)c(C)c1. The number of hydrogen-bond donors (Lipinski definition) is 3. The fourth-order valence-corrected chi connectivity index (χ4v) is 5.39. The fraction of sp³-hybridized carbons (Fsp3) is 0.300. The molecule has 1 aliphatic heterocycles. The summed E-state index contributed by atoms with van der Waals surface area (Å²) in [6.07, 6.45) is 0.309. The largest absolute Gasteiger partial charge is 0.469 e. The van der Waals surface area contributed by atoms with E-state index in [9.17, 15) is 18.9 Å². The molecule has 1 heterocycles. The van der Waals surface area contributed by atoms with E-state index < -0.39 is 19.9 Å². The number of nitrogens with one attached hydrogen (secondary N) is 1. The summed E-state index contributed by atoms with van der Waals surface area (Å²) in [5.41, 5.74) is 4.30. The van der Waals surface area contributed by atoms with Crippen molar-refractivity contribution < 1.29 is 38.0 Å². The van der Waals surface area contributed by atoms with Gasteiger partial charge in [0, 0.05) is 40.4 Å². The molecule has 12 heteroatoms. The Labute approximate surface area is 248 Å². The first kappa shape index (κ1) is 31.4. The van der Waals surface area contributed by atoms with Crippen molar-refractivity contribution in [2.45, 2.75) is 45.6 Å². The lowest BCUT2D eigenvalue weighted by Gasteiger charge is -2.25. The first-order valence-corrected chi connectivity index (χ1v) is 15.3. The molecule has 4 rings (SSSR count). The first-order chi connectivity index (χ1) is 19.9. The maximum atomic E-state index is 13.8. The van der Waals surface area contributed by atoms with Crippen LogP contribution in [0.1, 0.15) is 69.2 Å². The molecule has 0 aliphatic carbocycles. The standard InChI is InChI=1S/C30H32ClN2O8P/c1-19-7-3-4-8-23(19)29(35)32-22-12-13-24(20(2)17-22)30(36)33-15-5-9-27(25-18-21(31)11-14-26(25)33)41-28(34)10-6-16-40-42(37,38)39/h3-4,7-8,11-14,17-18,27H,5-6,9-10,15-16H2,1-2H3,(H,32,35)(H2,37,38,39). The summed E-state index contributed by atoms with van der Waals surface area (Å²) in [4.78, 5) is 58.3. The summed E-state index contributed by atoms with van der Waals surface area (Å²) >= 11 is 6.29. The number of carbonyl (C=O) groups excluding carboxylic acids is 3. The third-order valence-electron chi connectivity index (χ3n) is 6.88. The van der Waals surface area contributed by atoms with Gasteiger partial charge in [0.25, 0.3) is 11.8 Å². The smallest absolute Gasteiger partial charge is 0.457 e. The van der Waals surface area contributed by atoms with Crippen LogP contribution in [0, 0.1) is 13.8 Å². The second-order valence-electron chi connectivity index (χ2n) is 10.0. The van der Waals surface area contributed by atoms with E-state index in [-0.39, 0.29) is 31.3 Å². The van der Waals surface area contributed by atoms with Crippen molar-refractivity contribution in [1.82, 2.24) is 0 Å². The Kier molecular flexibility index (Phi) is 10.2. The Morgan fingerprint density at radius 2 is 1.79 bits per heavy atom. The number of esters is 1. The van der Waals surface area contributed by atoms with Gasteiger partial charge in [-0.25, -0.2) is 4.57 Å². The van der Waals surface area contributed by atoms with Gasteiger partial charge in [-0.15, -0.1) is 0 Å². The van der Waals surface area contributed by atoms with Crippen molar-refractivity contribution in [2.75, 3.05) is 23.4 Å². The third-order valence-corrected chi connectivity index (χ3v) is 7.64. The molecule has 3 aromatic carbocycles. The van der Waals surface area contributed by atoms with Crippen LogP contribution < -0.4 is 10.2 Å². The van der Waals surface area contributed by atoms with Crippen LogP contribution in [0.25, 0.3) is 0 Å². The van der Waals surface area contributed by atoms with Gasteiger partial charge in [-0.1, -0.05) is 29.8 Å². The van der Waals surface area contributed by atoms with Gasteiger partial charge in [0.1, 0.15) is 6.10 Å². The summed E-state index contributed by atoms with van der Waals surface area (Å²) in [6, 6.07) is 17.5. The van der Waals surface area contributed by atoms with Gasteiger partial charge in [0.2, 0.25) is 0 Å². The summed E-state index contributed by atoms with van der Waals surface area (Å²) < 4.78 is 20.9. The average Bonchev–Trinajstić information content (AvgIpc) is 3.09. The summed E-state index contributed by atoms with van der Waals surface area (Å²) in [6.45, 7) is 3.76. The maximum absolute atomic E-state index is 13.8. The lowest BCUT2D eigenvalue weighted by Crippen LogP contribution is -2.32. The highest BCUT2D eigenvalue weighted by Crippen LogP contribution is 2.39. The summed E-state index contributed by atoms with van der Waals surface area (Å²) in [7, 11) is -4.61. The molecular weight excluding hydrogens is 583 g/mol. The van der Waals surface area contributed by atoms with Gasteiger partial charge in [-0.2, -0.15) is 0 Å². The van der Waals surface area contributed by atoms with Gasteiger partial charge in [0.15, 0.2) is 0 Å². The highest BCUT2D eigenvalue weighted by atomic mass is 35.5. The molecule has 1 unspecified atom stereocenters. The van der Waals surface area contributed by atoms with Crippen molar-refractivity contribution in [2.24, 2.45) is 0 Å². The number of halogens is 1. The monoisotopic (exact) mass is 614 g/mol. The highest BCUT2D eigenvalue weighted by molar-refractivity contribution is 7.46. The van der Waals surface area contributed by atoms with Crippen molar-refractivity contribution >= 4 is 48.6 Å². The second kappa shape index (κ2) is 13.6. The van der Waals surface area contributed by atoms with Crippen molar-refractivity contribution in [1.29, 1.82) is 0 Å². The van der Waals surface area contributed by atoms with Crippen molar-refractivity contribution in [3.63, 3.8) is 0 Å². The Balaban J connectivity index is 1.50. The molecular formula is C30H32ClN2O8P. The molecule has 0 aromatic heterocycles. The van der Waals surface area contributed by atoms with E-state index in [2.05, 4.69) is 9.84 Å². The zero-order chi connectivity index (χ0) is 30.4. The van der Waals surface area contributed by atoms with E-state index in [0.717, 1.165) is 5.56 Å². The molecule has 0 saturated heterocycles. The number of nitrogens with zero attached hydrogens (tertiary/aromatic N) is 1. The predicted molar refractivity (Wildman–Crippen MR) is 159 cm³/mol. The molecule has 0 spiro atoms. The lowest BCUT2D eigenvalue weighted by molar-refractivity contribution is -0.150.